The molecule has 6 nitrogen and oxygen atoms in total. The molecule has 1 aliphatic carbocycles. The Balaban J connectivity index is 1.44. The number of carbonyl (C=O) groups is 2. The van der Waals surface area contributed by atoms with E-state index in [1.807, 2.05) is 36.4 Å². The summed E-state index contributed by atoms with van der Waals surface area (Å²) < 4.78 is 33.9. The Hall–Kier alpha value is -3.65. The standard InChI is InChI=1S/C28H27F2N3O3/c1-18(34)32-25-23-7-2-3-8-24(23)28(26(25)36-17-22-6-4-5-11-31-22)9-12-33(13-10-28)27(35)19-14-20(29)16-21(30)15-19/h2-8,11,14-16,25-26H,9-10,12-13,17H2,1H3,(H,32,34)/t25-,26+/m1/s1. The molecule has 5 rings (SSSR count). The number of pyridine rings is 1. The zero-order chi connectivity index (χ0) is 25.3. The lowest BCUT2D eigenvalue weighted by Gasteiger charge is -2.44. The molecule has 2 heterocycles. The minimum absolute atomic E-state index is 0.00523. The molecule has 1 fully saturated rings. The number of likely N-dealkylation sites (tertiary alicyclic amines) is 1. The van der Waals surface area contributed by atoms with E-state index >= 15 is 0 Å². The van der Waals surface area contributed by atoms with E-state index in [1.165, 1.54) is 6.92 Å². The van der Waals surface area contributed by atoms with E-state index in [1.54, 1.807) is 11.1 Å². The molecule has 0 radical (unpaired) electrons. The maximum absolute atomic E-state index is 13.7. The second kappa shape index (κ2) is 9.78. The van der Waals surface area contributed by atoms with Crippen LogP contribution < -0.4 is 5.32 Å². The summed E-state index contributed by atoms with van der Waals surface area (Å²) in [5.74, 6) is -2.12. The molecule has 1 aromatic heterocycles. The quantitative estimate of drug-likeness (QED) is 0.578. The van der Waals surface area contributed by atoms with Gasteiger partial charge in [-0.1, -0.05) is 30.3 Å². The molecule has 2 amide bonds. The van der Waals surface area contributed by atoms with E-state index in [0.717, 1.165) is 35.0 Å². The van der Waals surface area contributed by atoms with Crippen LogP contribution in [-0.2, 0) is 21.6 Å². The monoisotopic (exact) mass is 491 g/mol. The number of benzene rings is 2. The van der Waals surface area contributed by atoms with Crippen molar-refractivity contribution in [2.75, 3.05) is 13.1 Å². The van der Waals surface area contributed by atoms with Crippen molar-refractivity contribution in [1.82, 2.24) is 15.2 Å². The second-order valence-corrected chi connectivity index (χ2v) is 9.42. The fraction of sp³-hybridized carbons (Fsp3) is 0.321. The number of piperidine rings is 1. The normalized spacial score (nSPS) is 20.2. The molecule has 2 atom stereocenters. The molecule has 2 aliphatic rings. The smallest absolute Gasteiger partial charge is 0.254 e. The molecule has 0 bridgehead atoms. The van der Waals surface area contributed by atoms with E-state index < -0.39 is 23.0 Å². The van der Waals surface area contributed by atoms with Crippen molar-refractivity contribution in [2.24, 2.45) is 0 Å². The number of fused-ring (bicyclic) bond motifs is 2. The van der Waals surface area contributed by atoms with E-state index in [-0.39, 0.29) is 30.2 Å². The number of halogens is 2. The predicted octanol–water partition coefficient (Wildman–Crippen LogP) is 4.31. The average molecular weight is 492 g/mol. The highest BCUT2D eigenvalue weighted by Gasteiger charge is 2.54. The summed E-state index contributed by atoms with van der Waals surface area (Å²) in [5.41, 5.74) is 2.44. The van der Waals surface area contributed by atoms with Crippen molar-refractivity contribution >= 4 is 11.8 Å². The number of nitrogens with zero attached hydrogens (tertiary/aromatic N) is 2. The van der Waals surface area contributed by atoms with Gasteiger partial charge in [-0.05, 0) is 48.2 Å². The molecule has 186 valence electrons. The fourth-order valence-corrected chi connectivity index (χ4v) is 5.67. The molecule has 2 aromatic carbocycles. The summed E-state index contributed by atoms with van der Waals surface area (Å²) in [6, 6.07) is 16.1. The van der Waals surface area contributed by atoms with Gasteiger partial charge in [0.2, 0.25) is 5.91 Å². The Labute approximate surface area is 208 Å². The SMILES string of the molecule is CC(=O)N[C@@H]1c2ccccc2C2(CCN(C(=O)c3cc(F)cc(F)c3)CC2)[C@H]1OCc1ccccn1. The molecular formula is C28H27F2N3O3. The molecule has 1 aliphatic heterocycles. The highest BCUT2D eigenvalue weighted by molar-refractivity contribution is 5.94. The van der Waals surface area contributed by atoms with Crippen molar-refractivity contribution < 1.29 is 23.1 Å². The van der Waals surface area contributed by atoms with Gasteiger partial charge in [0, 0.05) is 43.3 Å². The van der Waals surface area contributed by atoms with Gasteiger partial charge in [-0.25, -0.2) is 8.78 Å². The first-order valence-electron chi connectivity index (χ1n) is 12.0. The van der Waals surface area contributed by atoms with Gasteiger partial charge in [0.25, 0.3) is 5.91 Å². The largest absolute Gasteiger partial charge is 0.368 e. The van der Waals surface area contributed by atoms with Crippen molar-refractivity contribution in [3.63, 3.8) is 0 Å². The third-order valence-electron chi connectivity index (χ3n) is 7.23. The number of aromatic nitrogens is 1. The molecule has 0 unspecified atom stereocenters. The van der Waals surface area contributed by atoms with Gasteiger partial charge in [-0.2, -0.15) is 0 Å². The van der Waals surface area contributed by atoms with Gasteiger partial charge < -0.3 is 15.0 Å². The number of carbonyl (C=O) groups excluding carboxylic acids is 2. The zero-order valence-corrected chi connectivity index (χ0v) is 19.9. The summed E-state index contributed by atoms with van der Waals surface area (Å²) in [7, 11) is 0. The van der Waals surface area contributed by atoms with E-state index in [4.69, 9.17) is 4.74 Å². The summed E-state index contributed by atoms with van der Waals surface area (Å²) in [5, 5.41) is 3.08. The number of ether oxygens (including phenoxy) is 1. The minimum atomic E-state index is -0.780. The zero-order valence-electron chi connectivity index (χ0n) is 19.9. The molecule has 8 heteroatoms. The lowest BCUT2D eigenvalue weighted by molar-refractivity contribution is -0.122. The Bertz CT molecular complexity index is 1260. The fourth-order valence-electron chi connectivity index (χ4n) is 5.67. The van der Waals surface area contributed by atoms with E-state index in [2.05, 4.69) is 16.4 Å². The predicted molar refractivity (Wildman–Crippen MR) is 129 cm³/mol. The van der Waals surface area contributed by atoms with Crippen LogP contribution >= 0.6 is 0 Å². The van der Waals surface area contributed by atoms with Crippen LogP contribution in [0, 0.1) is 11.6 Å². The molecule has 3 aromatic rings. The lowest BCUT2D eigenvalue weighted by Crippen LogP contribution is -2.51. The first kappa shape index (κ1) is 24.1. The molecule has 1 N–H and O–H groups in total. The first-order chi connectivity index (χ1) is 17.4. The van der Waals surface area contributed by atoms with Crippen molar-refractivity contribution in [2.45, 2.75) is 43.9 Å². The van der Waals surface area contributed by atoms with Gasteiger partial charge in [-0.3, -0.25) is 14.6 Å². The van der Waals surface area contributed by atoms with Crippen molar-refractivity contribution in [3.05, 3.63) is 101 Å². The highest BCUT2D eigenvalue weighted by atomic mass is 19.1. The maximum atomic E-state index is 13.7. The molecule has 1 spiro atoms. The topological polar surface area (TPSA) is 71.5 Å². The maximum Gasteiger partial charge on any atom is 0.254 e. The highest BCUT2D eigenvalue weighted by Crippen LogP contribution is 2.52. The van der Waals surface area contributed by atoms with Crippen LogP contribution in [-0.4, -0.2) is 40.9 Å². The Morgan fingerprint density at radius 1 is 1.06 bits per heavy atom. The van der Waals surface area contributed by atoms with Crippen LogP contribution in [0.25, 0.3) is 0 Å². The Morgan fingerprint density at radius 3 is 2.42 bits per heavy atom. The third kappa shape index (κ3) is 4.48. The van der Waals surface area contributed by atoms with Crippen molar-refractivity contribution in [1.29, 1.82) is 0 Å². The molecule has 36 heavy (non-hydrogen) atoms. The van der Waals surface area contributed by atoms with Gasteiger partial charge in [-0.15, -0.1) is 0 Å². The number of hydrogen-bond donors (Lipinski definition) is 1. The summed E-state index contributed by atoms with van der Waals surface area (Å²) in [4.78, 5) is 31.2. The first-order valence-corrected chi connectivity index (χ1v) is 12.0. The van der Waals surface area contributed by atoms with Gasteiger partial charge in [0.05, 0.1) is 24.4 Å². The third-order valence-corrected chi connectivity index (χ3v) is 7.23. The van der Waals surface area contributed by atoms with Crippen LogP contribution in [0.1, 0.15) is 53.0 Å². The number of amides is 2. The molecular weight excluding hydrogens is 464 g/mol. The number of nitrogens with one attached hydrogen (secondary N) is 1. The van der Waals surface area contributed by atoms with Crippen LogP contribution in [0.5, 0.6) is 0 Å². The van der Waals surface area contributed by atoms with Crippen LogP contribution in [0.2, 0.25) is 0 Å². The lowest BCUT2D eigenvalue weighted by atomic mass is 9.71. The van der Waals surface area contributed by atoms with Crippen molar-refractivity contribution in [3.8, 4) is 0 Å². The Kier molecular flexibility index (Phi) is 6.53. The van der Waals surface area contributed by atoms with Crippen LogP contribution in [0.3, 0.4) is 0 Å². The second-order valence-electron chi connectivity index (χ2n) is 9.42. The van der Waals surface area contributed by atoms with Gasteiger partial charge in [0.15, 0.2) is 0 Å². The van der Waals surface area contributed by atoms with Crippen LogP contribution in [0.15, 0.2) is 66.9 Å². The van der Waals surface area contributed by atoms with E-state index in [0.29, 0.717) is 25.9 Å². The van der Waals surface area contributed by atoms with Gasteiger partial charge >= 0.3 is 0 Å². The Morgan fingerprint density at radius 2 is 1.75 bits per heavy atom. The van der Waals surface area contributed by atoms with Crippen LogP contribution in [0.4, 0.5) is 8.78 Å². The summed E-state index contributed by atoms with van der Waals surface area (Å²) >= 11 is 0. The average Bonchev–Trinajstić information content (AvgIpc) is 3.11. The summed E-state index contributed by atoms with van der Waals surface area (Å²) in [6.45, 7) is 2.55. The van der Waals surface area contributed by atoms with Gasteiger partial charge in [0.1, 0.15) is 11.6 Å². The summed E-state index contributed by atoms with van der Waals surface area (Å²) in [6.07, 6.45) is 2.50. The molecule has 1 saturated heterocycles. The number of hydrogen-bond acceptors (Lipinski definition) is 4. The number of rotatable bonds is 5. The molecule has 0 saturated carbocycles. The minimum Gasteiger partial charge on any atom is -0.368 e. The van der Waals surface area contributed by atoms with E-state index in [9.17, 15) is 18.4 Å².